The van der Waals surface area contributed by atoms with Gasteiger partial charge in [0.25, 0.3) is 0 Å². The lowest BCUT2D eigenvalue weighted by molar-refractivity contribution is 0.156. The number of hydrogen-bond donors (Lipinski definition) is 2. The number of H-pyrrole nitrogens is 1. The zero-order chi connectivity index (χ0) is 12.2. The molecule has 0 bridgehead atoms. The van der Waals surface area contributed by atoms with Gasteiger partial charge in [0.15, 0.2) is 0 Å². The maximum atomic E-state index is 5.88. The van der Waals surface area contributed by atoms with E-state index < -0.39 is 0 Å². The van der Waals surface area contributed by atoms with Crippen molar-refractivity contribution in [1.82, 2.24) is 15.5 Å². The smallest absolute Gasteiger partial charge is 0.233 e. The van der Waals surface area contributed by atoms with Crippen molar-refractivity contribution in [2.45, 2.75) is 18.9 Å². The number of aromatic nitrogens is 2. The number of ether oxygens (including phenoxy) is 1. The molecule has 0 atom stereocenters. The van der Waals surface area contributed by atoms with Crippen molar-refractivity contribution in [3.8, 4) is 17.1 Å². The van der Waals surface area contributed by atoms with E-state index in [4.69, 9.17) is 4.74 Å². The Labute approximate surface area is 106 Å². The lowest BCUT2D eigenvalue weighted by Gasteiger charge is -2.22. The molecular formula is C14H17N3O. The second-order valence-corrected chi connectivity index (χ2v) is 4.55. The topological polar surface area (TPSA) is 49.9 Å². The van der Waals surface area contributed by atoms with E-state index in [1.165, 1.54) is 0 Å². The molecule has 1 aromatic heterocycles. The van der Waals surface area contributed by atoms with Crippen molar-refractivity contribution in [2.24, 2.45) is 0 Å². The molecule has 2 N–H and O–H groups in total. The molecule has 1 saturated heterocycles. The van der Waals surface area contributed by atoms with E-state index in [0.717, 1.165) is 37.2 Å². The van der Waals surface area contributed by atoms with E-state index in [-0.39, 0.29) is 6.10 Å². The van der Waals surface area contributed by atoms with Crippen LogP contribution in [0.25, 0.3) is 11.3 Å². The van der Waals surface area contributed by atoms with E-state index in [0.29, 0.717) is 5.88 Å². The Kier molecular flexibility index (Phi) is 3.28. The van der Waals surface area contributed by atoms with Crippen LogP contribution in [0.4, 0.5) is 0 Å². The summed E-state index contributed by atoms with van der Waals surface area (Å²) < 4.78 is 5.88. The van der Waals surface area contributed by atoms with Crippen LogP contribution in [-0.2, 0) is 0 Å². The van der Waals surface area contributed by atoms with E-state index in [9.17, 15) is 0 Å². The lowest BCUT2D eigenvalue weighted by Crippen LogP contribution is -2.34. The maximum absolute atomic E-state index is 5.88. The molecule has 1 aliphatic rings. The minimum atomic E-state index is 0.290. The fraction of sp³-hybridized carbons (Fsp3) is 0.357. The molecule has 2 heterocycles. The highest BCUT2D eigenvalue weighted by molar-refractivity contribution is 5.59. The molecule has 1 aliphatic heterocycles. The highest BCUT2D eigenvalue weighted by Gasteiger charge is 2.15. The summed E-state index contributed by atoms with van der Waals surface area (Å²) in [6.45, 7) is 2.06. The predicted molar refractivity (Wildman–Crippen MR) is 70.5 cm³/mol. The molecule has 2 aromatic rings. The van der Waals surface area contributed by atoms with Gasteiger partial charge >= 0.3 is 0 Å². The van der Waals surface area contributed by atoms with Crippen molar-refractivity contribution >= 4 is 0 Å². The first-order valence-corrected chi connectivity index (χ1v) is 6.40. The van der Waals surface area contributed by atoms with Crippen LogP contribution in [-0.4, -0.2) is 29.4 Å². The molecule has 0 amide bonds. The highest BCUT2D eigenvalue weighted by Crippen LogP contribution is 2.22. The van der Waals surface area contributed by atoms with Crippen LogP contribution in [0.3, 0.4) is 0 Å². The molecule has 1 aromatic carbocycles. The number of nitrogens with zero attached hydrogens (tertiary/aromatic N) is 1. The number of benzene rings is 1. The van der Waals surface area contributed by atoms with E-state index >= 15 is 0 Å². The summed E-state index contributed by atoms with van der Waals surface area (Å²) in [6, 6.07) is 12.1. The van der Waals surface area contributed by atoms with Gasteiger partial charge in [0.1, 0.15) is 6.10 Å². The molecule has 4 heteroatoms. The number of rotatable bonds is 3. The minimum Gasteiger partial charge on any atom is -0.473 e. The Morgan fingerprint density at radius 3 is 2.67 bits per heavy atom. The second-order valence-electron chi connectivity index (χ2n) is 4.55. The molecule has 4 nitrogen and oxygen atoms in total. The summed E-state index contributed by atoms with van der Waals surface area (Å²) >= 11 is 0. The first-order chi connectivity index (χ1) is 8.92. The van der Waals surface area contributed by atoms with Gasteiger partial charge in [0.2, 0.25) is 5.88 Å². The minimum absolute atomic E-state index is 0.290. The predicted octanol–water partition coefficient (Wildman–Crippen LogP) is 2.21. The first-order valence-electron chi connectivity index (χ1n) is 6.40. The molecule has 0 unspecified atom stereocenters. The Hall–Kier alpha value is -1.81. The van der Waals surface area contributed by atoms with E-state index in [1.807, 2.05) is 24.3 Å². The number of hydrogen-bond acceptors (Lipinski definition) is 3. The third kappa shape index (κ3) is 2.54. The van der Waals surface area contributed by atoms with Crippen LogP contribution in [0, 0.1) is 0 Å². The van der Waals surface area contributed by atoms with Crippen molar-refractivity contribution in [2.75, 3.05) is 13.1 Å². The molecule has 3 rings (SSSR count). The van der Waals surface area contributed by atoms with Gasteiger partial charge in [-0.2, -0.15) is 0 Å². The van der Waals surface area contributed by atoms with Crippen molar-refractivity contribution in [1.29, 1.82) is 0 Å². The average molecular weight is 243 g/mol. The van der Waals surface area contributed by atoms with Gasteiger partial charge in [0, 0.05) is 6.07 Å². The van der Waals surface area contributed by atoms with Gasteiger partial charge in [-0.25, -0.2) is 0 Å². The van der Waals surface area contributed by atoms with Crippen LogP contribution >= 0.6 is 0 Å². The fourth-order valence-corrected chi connectivity index (χ4v) is 2.21. The SMILES string of the molecule is c1ccc(-c2cc(OC3CCNCC3)n[nH]2)cc1. The standard InChI is InChI=1S/C14H17N3O/c1-2-4-11(5-3-1)13-10-14(17-16-13)18-12-6-8-15-9-7-12/h1-5,10,12,15H,6-9H2,(H,16,17). The molecule has 94 valence electrons. The van der Waals surface area contributed by atoms with Gasteiger partial charge in [0.05, 0.1) is 5.69 Å². The Balaban J connectivity index is 1.69. The molecular weight excluding hydrogens is 226 g/mol. The first kappa shape index (κ1) is 11.3. The van der Waals surface area contributed by atoms with Gasteiger partial charge < -0.3 is 10.1 Å². The molecule has 0 spiro atoms. The van der Waals surface area contributed by atoms with Gasteiger partial charge in [-0.05, 0) is 31.5 Å². The zero-order valence-electron chi connectivity index (χ0n) is 10.2. The van der Waals surface area contributed by atoms with E-state index in [1.54, 1.807) is 0 Å². The Bertz CT molecular complexity index is 489. The monoisotopic (exact) mass is 243 g/mol. The van der Waals surface area contributed by atoms with Gasteiger partial charge in [-0.15, -0.1) is 5.10 Å². The second kappa shape index (κ2) is 5.23. The summed E-state index contributed by atoms with van der Waals surface area (Å²) in [5.41, 5.74) is 2.13. The average Bonchev–Trinajstić information content (AvgIpc) is 2.89. The Morgan fingerprint density at radius 2 is 1.89 bits per heavy atom. The number of nitrogens with one attached hydrogen (secondary N) is 2. The van der Waals surface area contributed by atoms with Gasteiger partial charge in [-0.3, -0.25) is 5.10 Å². The third-order valence-electron chi connectivity index (χ3n) is 3.21. The molecule has 0 aliphatic carbocycles. The summed E-state index contributed by atoms with van der Waals surface area (Å²) in [4.78, 5) is 0. The number of piperidine rings is 1. The van der Waals surface area contributed by atoms with Crippen LogP contribution in [0.5, 0.6) is 5.88 Å². The van der Waals surface area contributed by atoms with Crippen LogP contribution in [0.2, 0.25) is 0 Å². The number of aromatic amines is 1. The summed E-state index contributed by atoms with van der Waals surface area (Å²) in [5.74, 6) is 0.695. The highest BCUT2D eigenvalue weighted by atomic mass is 16.5. The largest absolute Gasteiger partial charge is 0.473 e. The lowest BCUT2D eigenvalue weighted by atomic mass is 10.1. The van der Waals surface area contributed by atoms with Crippen LogP contribution < -0.4 is 10.1 Å². The van der Waals surface area contributed by atoms with E-state index in [2.05, 4.69) is 27.6 Å². The normalized spacial score (nSPS) is 16.7. The quantitative estimate of drug-likeness (QED) is 0.869. The van der Waals surface area contributed by atoms with Gasteiger partial charge in [-0.1, -0.05) is 30.3 Å². The van der Waals surface area contributed by atoms with Crippen molar-refractivity contribution in [3.63, 3.8) is 0 Å². The van der Waals surface area contributed by atoms with Crippen LogP contribution in [0.15, 0.2) is 36.4 Å². The summed E-state index contributed by atoms with van der Waals surface area (Å²) in [5, 5.41) is 10.6. The Morgan fingerprint density at radius 1 is 1.11 bits per heavy atom. The fourth-order valence-electron chi connectivity index (χ4n) is 2.21. The zero-order valence-corrected chi connectivity index (χ0v) is 10.2. The summed E-state index contributed by atoms with van der Waals surface area (Å²) in [6.07, 6.45) is 2.39. The summed E-state index contributed by atoms with van der Waals surface area (Å²) in [7, 11) is 0. The van der Waals surface area contributed by atoms with Crippen molar-refractivity contribution < 1.29 is 4.74 Å². The molecule has 1 fully saturated rings. The molecule has 0 saturated carbocycles. The third-order valence-corrected chi connectivity index (χ3v) is 3.21. The van der Waals surface area contributed by atoms with Crippen LogP contribution in [0.1, 0.15) is 12.8 Å². The molecule has 18 heavy (non-hydrogen) atoms. The molecule has 0 radical (unpaired) electrons. The maximum Gasteiger partial charge on any atom is 0.233 e. The van der Waals surface area contributed by atoms with Crippen molar-refractivity contribution in [3.05, 3.63) is 36.4 Å².